The number of carbonyl (C=O) groups excluding carboxylic acids is 1. The number of urea groups is 1. The zero-order chi connectivity index (χ0) is 23.4. The van der Waals surface area contributed by atoms with Crippen molar-refractivity contribution in [2.45, 2.75) is 43.2 Å². The van der Waals surface area contributed by atoms with Gasteiger partial charge < -0.3 is 5.32 Å². The van der Waals surface area contributed by atoms with Crippen molar-refractivity contribution in [2.24, 2.45) is 0 Å². The molecule has 11 heteroatoms. The van der Waals surface area contributed by atoms with Crippen LogP contribution in [0.4, 0.5) is 10.5 Å². The van der Waals surface area contributed by atoms with Crippen LogP contribution in [-0.2, 0) is 22.9 Å². The lowest BCUT2D eigenvalue weighted by molar-refractivity contribution is 0.256. The standard InChI is InChI=1S/C23H21ClN6O3S/c24-19-13-14-2-1-3-18(14)22(21(19)15-7-10-29-17(12-15)6-9-25-29)26-23(31)28-34(32,33)20-8-11-30(27-20)16-4-5-16/h6-13,16H,1-5H2,(H2,26,28,31). The van der Waals surface area contributed by atoms with Gasteiger partial charge in [0.05, 0.1) is 22.3 Å². The van der Waals surface area contributed by atoms with Crippen LogP contribution in [0.3, 0.4) is 0 Å². The highest BCUT2D eigenvalue weighted by Gasteiger charge is 2.29. The average molecular weight is 497 g/mol. The van der Waals surface area contributed by atoms with E-state index in [1.807, 2.05) is 30.5 Å². The van der Waals surface area contributed by atoms with E-state index >= 15 is 0 Å². The minimum Gasteiger partial charge on any atom is -0.306 e. The summed E-state index contributed by atoms with van der Waals surface area (Å²) in [6.07, 6.45) is 9.64. The molecule has 1 saturated carbocycles. The van der Waals surface area contributed by atoms with E-state index in [0.717, 1.165) is 54.3 Å². The van der Waals surface area contributed by atoms with Gasteiger partial charge in [-0.15, -0.1) is 0 Å². The first kappa shape index (κ1) is 21.2. The van der Waals surface area contributed by atoms with Crippen molar-refractivity contribution >= 4 is 38.9 Å². The number of sulfonamides is 1. The predicted molar refractivity (Wildman–Crippen MR) is 128 cm³/mol. The molecule has 0 saturated heterocycles. The van der Waals surface area contributed by atoms with Gasteiger partial charge in [-0.05, 0) is 79.1 Å². The topological polar surface area (TPSA) is 110 Å². The number of amides is 2. The molecule has 0 bridgehead atoms. The van der Waals surface area contributed by atoms with Gasteiger partial charge in [-0.25, -0.2) is 14.0 Å². The lowest BCUT2D eigenvalue weighted by Gasteiger charge is -2.18. The number of rotatable bonds is 5. The second-order valence-corrected chi connectivity index (χ2v) is 10.7. The molecule has 2 amide bonds. The van der Waals surface area contributed by atoms with Gasteiger partial charge in [0.25, 0.3) is 10.0 Å². The monoisotopic (exact) mass is 496 g/mol. The van der Waals surface area contributed by atoms with Gasteiger partial charge in [0.1, 0.15) is 0 Å². The number of halogens is 1. The Morgan fingerprint density at radius 1 is 1.12 bits per heavy atom. The van der Waals surface area contributed by atoms with Gasteiger partial charge in [-0.3, -0.25) is 4.68 Å². The Kier molecular flexibility index (Phi) is 4.89. The number of nitrogens with zero attached hydrogens (tertiary/aromatic N) is 4. The maximum atomic E-state index is 12.9. The van der Waals surface area contributed by atoms with E-state index in [-0.39, 0.29) is 11.1 Å². The third-order valence-corrected chi connectivity index (χ3v) is 7.81. The number of aromatic nitrogens is 4. The van der Waals surface area contributed by atoms with Crippen molar-refractivity contribution in [2.75, 3.05) is 5.32 Å². The van der Waals surface area contributed by atoms with Crippen LogP contribution in [0.2, 0.25) is 5.02 Å². The highest BCUT2D eigenvalue weighted by atomic mass is 35.5. The van der Waals surface area contributed by atoms with Crippen molar-refractivity contribution in [3.05, 3.63) is 65.1 Å². The van der Waals surface area contributed by atoms with Gasteiger partial charge in [0.2, 0.25) is 0 Å². The molecule has 0 radical (unpaired) electrons. The molecule has 3 heterocycles. The zero-order valence-corrected chi connectivity index (χ0v) is 19.6. The smallest absolute Gasteiger partial charge is 0.306 e. The second kappa shape index (κ2) is 7.85. The molecule has 0 aliphatic heterocycles. The van der Waals surface area contributed by atoms with Crippen LogP contribution in [0.25, 0.3) is 16.6 Å². The minimum absolute atomic E-state index is 0.183. The Morgan fingerprint density at radius 2 is 1.97 bits per heavy atom. The fraction of sp³-hybridized carbons (Fsp3) is 0.261. The van der Waals surface area contributed by atoms with Crippen LogP contribution in [0.1, 0.15) is 36.4 Å². The molecule has 2 aliphatic rings. The summed E-state index contributed by atoms with van der Waals surface area (Å²) in [5.41, 5.74) is 4.88. The largest absolute Gasteiger partial charge is 0.333 e. The van der Waals surface area contributed by atoms with E-state index in [1.165, 1.54) is 6.07 Å². The summed E-state index contributed by atoms with van der Waals surface area (Å²) >= 11 is 6.70. The van der Waals surface area contributed by atoms with E-state index < -0.39 is 16.1 Å². The van der Waals surface area contributed by atoms with Gasteiger partial charge in [-0.2, -0.15) is 18.6 Å². The molecule has 0 unspecified atom stereocenters. The van der Waals surface area contributed by atoms with Gasteiger partial charge in [-0.1, -0.05) is 11.6 Å². The first-order valence-corrected chi connectivity index (χ1v) is 12.9. The number of anilines is 1. The summed E-state index contributed by atoms with van der Waals surface area (Å²) < 4.78 is 31.0. The first-order valence-electron chi connectivity index (χ1n) is 11.1. The first-order chi connectivity index (χ1) is 16.4. The van der Waals surface area contributed by atoms with Crippen LogP contribution in [-0.4, -0.2) is 33.8 Å². The highest BCUT2D eigenvalue weighted by Crippen LogP contribution is 2.43. The van der Waals surface area contributed by atoms with Gasteiger partial charge >= 0.3 is 6.03 Å². The van der Waals surface area contributed by atoms with Crippen molar-refractivity contribution in [3.8, 4) is 11.1 Å². The van der Waals surface area contributed by atoms with E-state index in [2.05, 4.69) is 20.2 Å². The Labute approximate surface area is 200 Å². The number of carbonyl (C=O) groups is 1. The number of hydrogen-bond acceptors (Lipinski definition) is 5. The summed E-state index contributed by atoms with van der Waals surface area (Å²) in [5.74, 6) is 0. The average Bonchev–Trinajstić information content (AvgIpc) is 3.19. The summed E-state index contributed by atoms with van der Waals surface area (Å²) in [5, 5.41) is 11.4. The predicted octanol–water partition coefficient (Wildman–Crippen LogP) is 4.19. The van der Waals surface area contributed by atoms with Crippen molar-refractivity contribution < 1.29 is 13.2 Å². The number of pyridine rings is 1. The van der Waals surface area contributed by atoms with Crippen molar-refractivity contribution in [1.82, 2.24) is 24.1 Å². The molecule has 4 aromatic rings. The second-order valence-electron chi connectivity index (χ2n) is 8.64. The van der Waals surface area contributed by atoms with Crippen LogP contribution in [0, 0.1) is 0 Å². The van der Waals surface area contributed by atoms with Gasteiger partial charge in [0.15, 0.2) is 5.03 Å². The Balaban J connectivity index is 1.35. The van der Waals surface area contributed by atoms with E-state index in [0.29, 0.717) is 16.3 Å². The van der Waals surface area contributed by atoms with Gasteiger partial charge in [0, 0.05) is 24.2 Å². The minimum atomic E-state index is -4.13. The number of benzene rings is 1. The highest BCUT2D eigenvalue weighted by molar-refractivity contribution is 7.90. The normalized spacial score (nSPS) is 15.4. The molecule has 2 aliphatic carbocycles. The van der Waals surface area contributed by atoms with Crippen molar-refractivity contribution in [3.63, 3.8) is 0 Å². The number of aryl methyl sites for hydroxylation is 1. The summed E-state index contributed by atoms with van der Waals surface area (Å²) in [4.78, 5) is 12.9. The summed E-state index contributed by atoms with van der Waals surface area (Å²) in [6.45, 7) is 0. The number of hydrogen-bond donors (Lipinski definition) is 2. The van der Waals surface area contributed by atoms with Crippen LogP contribution >= 0.6 is 11.6 Å². The van der Waals surface area contributed by atoms with Crippen molar-refractivity contribution in [1.29, 1.82) is 0 Å². The molecule has 1 fully saturated rings. The quantitative estimate of drug-likeness (QED) is 0.430. The molecule has 6 rings (SSSR count). The fourth-order valence-electron chi connectivity index (χ4n) is 4.52. The lowest BCUT2D eigenvalue weighted by Crippen LogP contribution is -2.35. The molecule has 0 spiro atoms. The molecule has 34 heavy (non-hydrogen) atoms. The molecule has 3 aromatic heterocycles. The van der Waals surface area contributed by atoms with Crippen LogP contribution in [0.5, 0.6) is 0 Å². The maximum Gasteiger partial charge on any atom is 0.333 e. The number of fused-ring (bicyclic) bond motifs is 2. The molecule has 1 aromatic carbocycles. The SMILES string of the molecule is O=C(Nc1c2c(cc(Cl)c1-c1ccn3nccc3c1)CCC2)NS(=O)(=O)c1ccn(C2CC2)n1. The lowest BCUT2D eigenvalue weighted by atomic mass is 9.97. The van der Waals surface area contributed by atoms with E-state index in [4.69, 9.17) is 11.6 Å². The van der Waals surface area contributed by atoms with E-state index in [1.54, 1.807) is 21.6 Å². The maximum absolute atomic E-state index is 12.9. The Hall–Kier alpha value is -3.37. The van der Waals surface area contributed by atoms with Crippen LogP contribution < -0.4 is 10.0 Å². The summed E-state index contributed by atoms with van der Waals surface area (Å²) in [6, 6.07) is 8.39. The Morgan fingerprint density at radius 3 is 2.79 bits per heavy atom. The molecule has 2 N–H and O–H groups in total. The molecule has 174 valence electrons. The zero-order valence-electron chi connectivity index (χ0n) is 18.0. The Bertz CT molecular complexity index is 1550. The van der Waals surface area contributed by atoms with Crippen LogP contribution in [0.15, 0.2) is 53.9 Å². The molecular formula is C23H21ClN6O3S. The molecule has 9 nitrogen and oxygen atoms in total. The third-order valence-electron chi connectivity index (χ3n) is 6.29. The van der Waals surface area contributed by atoms with E-state index in [9.17, 15) is 13.2 Å². The third kappa shape index (κ3) is 3.72. The molecular weight excluding hydrogens is 476 g/mol. The summed E-state index contributed by atoms with van der Waals surface area (Å²) in [7, 11) is -4.13. The fourth-order valence-corrected chi connectivity index (χ4v) is 5.70. The molecule has 0 atom stereocenters. The number of nitrogens with one attached hydrogen (secondary N) is 2.